The average Bonchev–Trinajstić information content (AvgIpc) is 2.73. The van der Waals surface area contributed by atoms with Crippen molar-refractivity contribution in [2.24, 2.45) is 0 Å². The van der Waals surface area contributed by atoms with Gasteiger partial charge in [0.1, 0.15) is 18.5 Å². The van der Waals surface area contributed by atoms with E-state index in [0.29, 0.717) is 30.0 Å². The molecule has 0 saturated carbocycles. The molecule has 1 aliphatic heterocycles. The highest BCUT2D eigenvalue weighted by Gasteiger charge is 2.25. The lowest BCUT2D eigenvalue weighted by Gasteiger charge is -2.25. The smallest absolute Gasteiger partial charge is 0.262 e. The monoisotopic (exact) mass is 515 g/mol. The fourth-order valence-corrected chi connectivity index (χ4v) is 4.66. The molecule has 1 unspecified atom stereocenters. The number of carbonyl (C=O) groups is 1. The third-order valence-corrected chi connectivity index (χ3v) is 6.98. The van der Waals surface area contributed by atoms with Crippen molar-refractivity contribution in [1.29, 1.82) is 0 Å². The number of fused-ring (bicyclic) bond motifs is 1. The lowest BCUT2D eigenvalue weighted by atomic mass is 10.0. The van der Waals surface area contributed by atoms with Gasteiger partial charge in [-0.15, -0.1) is 0 Å². The Hall–Kier alpha value is -2.04. The van der Waals surface area contributed by atoms with E-state index in [9.17, 15) is 18.3 Å². The van der Waals surface area contributed by atoms with Gasteiger partial charge in [0.05, 0.1) is 26.3 Å². The van der Waals surface area contributed by atoms with Crippen molar-refractivity contribution in [3.8, 4) is 5.75 Å². The largest absolute Gasteiger partial charge is 0.490 e. The number of carbonyl (C=O) groups excluding carboxylic acids is 1. The van der Waals surface area contributed by atoms with Gasteiger partial charge in [-0.25, -0.2) is 8.42 Å². The zero-order valence-corrected chi connectivity index (χ0v) is 20.9. The molecule has 0 radical (unpaired) electrons. The van der Waals surface area contributed by atoms with Crippen LogP contribution in [0.1, 0.15) is 32.8 Å². The number of ether oxygens (including phenoxy) is 1. The van der Waals surface area contributed by atoms with Gasteiger partial charge < -0.3 is 20.5 Å². The Morgan fingerprint density at radius 1 is 1.15 bits per heavy atom. The van der Waals surface area contributed by atoms with E-state index < -0.39 is 16.1 Å². The van der Waals surface area contributed by atoms with Crippen LogP contribution in [-0.4, -0.2) is 44.2 Å². The summed E-state index contributed by atoms with van der Waals surface area (Å²) in [4.78, 5) is 12.0. The molecular formula is C22H27Cl2N3O5S. The summed E-state index contributed by atoms with van der Waals surface area (Å²) in [6.07, 6.45) is -0.138. The number of anilines is 2. The summed E-state index contributed by atoms with van der Waals surface area (Å²) in [6.45, 7) is 6.38. The molecule has 0 bridgehead atoms. The summed E-state index contributed by atoms with van der Waals surface area (Å²) in [7, 11) is -4.00. The van der Waals surface area contributed by atoms with Crippen molar-refractivity contribution in [3.63, 3.8) is 0 Å². The molecule has 33 heavy (non-hydrogen) atoms. The quantitative estimate of drug-likeness (QED) is 0.424. The molecule has 0 aromatic heterocycles. The second kappa shape index (κ2) is 10.1. The van der Waals surface area contributed by atoms with Crippen LogP contribution in [0, 0.1) is 0 Å². The molecule has 11 heteroatoms. The lowest BCUT2D eigenvalue weighted by Crippen LogP contribution is -2.42. The van der Waals surface area contributed by atoms with Gasteiger partial charge >= 0.3 is 0 Å². The molecule has 0 fully saturated rings. The second-order valence-corrected chi connectivity index (χ2v) is 11.3. The van der Waals surface area contributed by atoms with E-state index in [4.69, 9.17) is 27.9 Å². The summed E-state index contributed by atoms with van der Waals surface area (Å²) in [5, 5.41) is 16.5. The number of nitrogens with one attached hydrogen (secondary N) is 3. The normalized spacial score (nSPS) is 14.9. The fraction of sp³-hybridized carbons (Fsp3) is 0.409. The highest BCUT2D eigenvalue weighted by Crippen LogP contribution is 2.38. The number of halogens is 2. The third-order valence-electron chi connectivity index (χ3n) is 4.88. The average molecular weight is 516 g/mol. The molecule has 2 aromatic rings. The topological polar surface area (TPSA) is 117 Å². The molecule has 2 aromatic carbocycles. The van der Waals surface area contributed by atoms with E-state index in [0.717, 1.165) is 0 Å². The van der Waals surface area contributed by atoms with Crippen LogP contribution in [0.2, 0.25) is 10.0 Å². The summed E-state index contributed by atoms with van der Waals surface area (Å²) in [5.41, 5.74) is 1.04. The van der Waals surface area contributed by atoms with Gasteiger partial charge in [0.25, 0.3) is 10.0 Å². The maximum Gasteiger partial charge on any atom is 0.262 e. The van der Waals surface area contributed by atoms with Gasteiger partial charge in [0.2, 0.25) is 5.91 Å². The Morgan fingerprint density at radius 2 is 1.88 bits per heavy atom. The van der Waals surface area contributed by atoms with E-state index >= 15 is 0 Å². The minimum Gasteiger partial charge on any atom is -0.490 e. The molecule has 0 aliphatic carbocycles. The van der Waals surface area contributed by atoms with Gasteiger partial charge in [-0.3, -0.25) is 9.52 Å². The van der Waals surface area contributed by atoms with Crippen LogP contribution in [0.4, 0.5) is 11.4 Å². The first kappa shape index (κ1) is 25.6. The molecule has 1 aliphatic rings. The van der Waals surface area contributed by atoms with Crippen LogP contribution < -0.4 is 20.1 Å². The number of sulfonamides is 1. The first-order valence-corrected chi connectivity index (χ1v) is 12.6. The van der Waals surface area contributed by atoms with Crippen molar-refractivity contribution in [2.75, 3.05) is 23.2 Å². The Bertz CT molecular complexity index is 1150. The first-order chi connectivity index (χ1) is 15.4. The van der Waals surface area contributed by atoms with Crippen molar-refractivity contribution in [1.82, 2.24) is 5.32 Å². The van der Waals surface area contributed by atoms with Gasteiger partial charge in [-0.1, -0.05) is 23.2 Å². The Labute approximate surface area is 203 Å². The summed E-state index contributed by atoms with van der Waals surface area (Å²) in [6, 6.07) is 7.11. The number of β-amino-alcohol motifs (C(OH)–C–C–N with tert-alkyl or cyclic N) is 1. The van der Waals surface area contributed by atoms with E-state index in [1.807, 2.05) is 20.8 Å². The third kappa shape index (κ3) is 6.74. The van der Waals surface area contributed by atoms with Crippen LogP contribution >= 0.6 is 23.2 Å². The summed E-state index contributed by atoms with van der Waals surface area (Å²) in [5.74, 6) is 0.237. The highest BCUT2D eigenvalue weighted by atomic mass is 35.5. The predicted octanol–water partition coefficient (Wildman–Crippen LogP) is 3.81. The zero-order valence-electron chi connectivity index (χ0n) is 18.5. The molecule has 1 amide bonds. The van der Waals surface area contributed by atoms with Crippen LogP contribution in [0.25, 0.3) is 0 Å². The lowest BCUT2D eigenvalue weighted by molar-refractivity contribution is -0.116. The second-order valence-electron chi connectivity index (χ2n) is 8.79. The minimum atomic E-state index is -4.00. The summed E-state index contributed by atoms with van der Waals surface area (Å²) >= 11 is 11.8. The first-order valence-electron chi connectivity index (χ1n) is 10.4. The Morgan fingerprint density at radius 3 is 2.55 bits per heavy atom. The summed E-state index contributed by atoms with van der Waals surface area (Å²) < 4.78 is 34.1. The van der Waals surface area contributed by atoms with Crippen molar-refractivity contribution in [3.05, 3.63) is 45.9 Å². The molecule has 0 saturated heterocycles. The molecule has 1 heterocycles. The van der Waals surface area contributed by atoms with Crippen LogP contribution in [-0.2, 0) is 21.2 Å². The number of rotatable bonds is 8. The van der Waals surface area contributed by atoms with Gasteiger partial charge in [-0.2, -0.15) is 0 Å². The fourth-order valence-electron chi connectivity index (χ4n) is 3.20. The van der Waals surface area contributed by atoms with Gasteiger partial charge in [0, 0.05) is 24.1 Å². The molecule has 180 valence electrons. The van der Waals surface area contributed by atoms with Crippen LogP contribution in [0.3, 0.4) is 0 Å². The molecule has 4 N–H and O–H groups in total. The van der Waals surface area contributed by atoms with Crippen LogP contribution in [0.15, 0.2) is 35.2 Å². The predicted molar refractivity (Wildman–Crippen MR) is 130 cm³/mol. The highest BCUT2D eigenvalue weighted by molar-refractivity contribution is 7.92. The zero-order chi connectivity index (χ0) is 24.4. The number of amides is 1. The SMILES string of the molecule is CC(C)(C)NCC(O)COc1ccc(NS(=O)(=O)c2ccc(Cl)c(Cl)c2)c2c1CCC(=O)N2. The van der Waals surface area contributed by atoms with E-state index in [2.05, 4.69) is 15.4 Å². The number of benzene rings is 2. The molecule has 8 nitrogen and oxygen atoms in total. The Kier molecular flexibility index (Phi) is 7.80. The van der Waals surface area contributed by atoms with Gasteiger partial charge in [0.15, 0.2) is 0 Å². The number of hydrogen-bond acceptors (Lipinski definition) is 6. The van der Waals surface area contributed by atoms with Crippen molar-refractivity contribution in [2.45, 2.75) is 50.2 Å². The van der Waals surface area contributed by atoms with Crippen molar-refractivity contribution >= 4 is 50.5 Å². The molecule has 3 rings (SSSR count). The number of aliphatic hydroxyl groups is 1. The van der Waals surface area contributed by atoms with Crippen molar-refractivity contribution < 1.29 is 23.1 Å². The Balaban J connectivity index is 1.83. The van der Waals surface area contributed by atoms with E-state index in [-0.39, 0.29) is 45.1 Å². The number of aliphatic hydroxyl groups excluding tert-OH is 1. The van der Waals surface area contributed by atoms with Gasteiger partial charge in [-0.05, 0) is 57.5 Å². The molecule has 1 atom stereocenters. The standard InChI is InChI=1S/C22H27Cl2N3O5S/c1-22(2,3)25-11-13(28)12-32-19-8-7-18(21-15(19)5-9-20(29)26-21)27-33(30,31)14-4-6-16(23)17(24)10-14/h4,6-8,10,13,25,27-28H,5,9,11-12H2,1-3H3,(H,26,29). The molecular weight excluding hydrogens is 489 g/mol. The van der Waals surface area contributed by atoms with E-state index in [1.54, 1.807) is 6.07 Å². The maximum atomic E-state index is 12.9. The van der Waals surface area contributed by atoms with E-state index in [1.165, 1.54) is 24.3 Å². The van der Waals surface area contributed by atoms with Crippen LogP contribution in [0.5, 0.6) is 5.75 Å². The minimum absolute atomic E-state index is 0.0395. The number of hydrogen-bond donors (Lipinski definition) is 4. The molecule has 0 spiro atoms. The maximum absolute atomic E-state index is 12.9.